The third-order valence-electron chi connectivity index (χ3n) is 2.77. The van der Waals surface area contributed by atoms with Crippen LogP contribution in [0, 0.1) is 10.1 Å². The first-order chi connectivity index (χ1) is 7.49. The highest BCUT2D eigenvalue weighted by Gasteiger charge is 2.32. The fraction of sp³-hybridized carbons (Fsp3) is 0.417. The molecule has 16 heavy (non-hydrogen) atoms. The van der Waals surface area contributed by atoms with E-state index < -0.39 is 11.5 Å². The number of carbonyl (C=O) groups excluding carboxylic acids is 1. The first kappa shape index (κ1) is 12.4. The van der Waals surface area contributed by atoms with Crippen molar-refractivity contribution in [3.05, 3.63) is 46.0 Å². The van der Waals surface area contributed by atoms with Crippen molar-refractivity contribution in [1.29, 1.82) is 0 Å². The lowest BCUT2D eigenvalue weighted by atomic mass is 9.79. The van der Waals surface area contributed by atoms with E-state index in [1.54, 1.807) is 6.92 Å². The number of nitrogens with zero attached hydrogens (tertiary/aromatic N) is 1. The Kier molecular flexibility index (Phi) is 3.77. The van der Waals surface area contributed by atoms with E-state index >= 15 is 0 Å². The van der Waals surface area contributed by atoms with Gasteiger partial charge in [-0.05, 0) is 12.5 Å². The van der Waals surface area contributed by atoms with Crippen LogP contribution >= 0.6 is 0 Å². The first-order valence-corrected chi connectivity index (χ1v) is 5.15. The molecule has 0 saturated carbocycles. The van der Waals surface area contributed by atoms with Crippen molar-refractivity contribution in [3.63, 3.8) is 0 Å². The van der Waals surface area contributed by atoms with Crippen molar-refractivity contribution in [2.45, 2.75) is 31.7 Å². The Hall–Kier alpha value is -1.71. The standard InChI is InChI=1S/C12H15NO3/c1-10(13(15)16)8-12(2,9-14)11-6-4-3-5-7-11/h3-7,9-10H,8H2,1-2H3. The minimum atomic E-state index is -0.784. The molecule has 0 aromatic heterocycles. The van der Waals surface area contributed by atoms with Crippen LogP contribution in [0.4, 0.5) is 0 Å². The first-order valence-electron chi connectivity index (χ1n) is 5.15. The molecule has 2 atom stereocenters. The molecule has 0 aliphatic carbocycles. The maximum atomic E-state index is 11.2. The normalized spacial score (nSPS) is 16.1. The number of hydrogen-bond acceptors (Lipinski definition) is 3. The van der Waals surface area contributed by atoms with E-state index in [4.69, 9.17) is 0 Å². The SMILES string of the molecule is CC(CC(C)(C=O)c1ccccc1)[N+](=O)[O-]. The maximum absolute atomic E-state index is 11.2. The van der Waals surface area contributed by atoms with Gasteiger partial charge in [-0.1, -0.05) is 30.3 Å². The Labute approximate surface area is 94.4 Å². The number of nitro groups is 1. The van der Waals surface area contributed by atoms with Crippen LogP contribution in [0.5, 0.6) is 0 Å². The molecule has 0 radical (unpaired) electrons. The highest BCUT2D eigenvalue weighted by molar-refractivity contribution is 5.67. The molecule has 86 valence electrons. The lowest BCUT2D eigenvalue weighted by molar-refractivity contribution is -0.520. The van der Waals surface area contributed by atoms with Crippen molar-refractivity contribution in [2.75, 3.05) is 0 Å². The van der Waals surface area contributed by atoms with Crippen molar-refractivity contribution in [2.24, 2.45) is 0 Å². The van der Waals surface area contributed by atoms with E-state index in [1.165, 1.54) is 6.92 Å². The largest absolute Gasteiger partial charge is 0.302 e. The summed E-state index contributed by atoms with van der Waals surface area (Å²) >= 11 is 0. The van der Waals surface area contributed by atoms with Gasteiger partial charge in [0.25, 0.3) is 0 Å². The molecule has 2 unspecified atom stereocenters. The number of benzene rings is 1. The molecule has 1 aromatic rings. The zero-order valence-electron chi connectivity index (χ0n) is 9.42. The monoisotopic (exact) mass is 221 g/mol. The molecule has 0 heterocycles. The number of hydrogen-bond donors (Lipinski definition) is 0. The minimum absolute atomic E-state index is 0.216. The van der Waals surface area contributed by atoms with E-state index in [2.05, 4.69) is 0 Å². The molecule has 0 aliphatic heterocycles. The predicted octanol–water partition coefficient (Wildman–Crippen LogP) is 2.20. The highest BCUT2D eigenvalue weighted by Crippen LogP contribution is 2.27. The summed E-state index contributed by atoms with van der Waals surface area (Å²) in [4.78, 5) is 21.4. The fourth-order valence-electron chi connectivity index (χ4n) is 1.74. The van der Waals surface area contributed by atoms with E-state index in [0.717, 1.165) is 11.8 Å². The molecule has 4 nitrogen and oxygen atoms in total. The van der Waals surface area contributed by atoms with Crippen LogP contribution in [-0.4, -0.2) is 17.3 Å². The van der Waals surface area contributed by atoms with Gasteiger partial charge in [0.15, 0.2) is 0 Å². The summed E-state index contributed by atoms with van der Waals surface area (Å²) in [6.45, 7) is 3.25. The van der Waals surface area contributed by atoms with Gasteiger partial charge < -0.3 is 4.79 Å². The zero-order valence-corrected chi connectivity index (χ0v) is 9.42. The summed E-state index contributed by atoms with van der Waals surface area (Å²) in [5.41, 5.74) is 0.0343. The summed E-state index contributed by atoms with van der Waals surface area (Å²) in [7, 11) is 0. The highest BCUT2D eigenvalue weighted by atomic mass is 16.6. The molecule has 0 amide bonds. The summed E-state index contributed by atoms with van der Waals surface area (Å²) in [5.74, 6) is 0. The summed E-state index contributed by atoms with van der Waals surface area (Å²) in [6.07, 6.45) is 1.01. The molecule has 0 bridgehead atoms. The number of carbonyl (C=O) groups is 1. The van der Waals surface area contributed by atoms with Crippen LogP contribution in [0.25, 0.3) is 0 Å². The summed E-state index contributed by atoms with van der Waals surface area (Å²) in [5, 5.41) is 10.6. The Bertz CT molecular complexity index is 377. The van der Waals surface area contributed by atoms with Crippen LogP contribution in [0.15, 0.2) is 30.3 Å². The van der Waals surface area contributed by atoms with Gasteiger partial charge in [0.05, 0.1) is 5.41 Å². The molecule has 4 heteroatoms. The zero-order chi connectivity index (χ0) is 12.2. The second kappa shape index (κ2) is 4.88. The molecule has 0 aliphatic rings. The smallest absolute Gasteiger partial charge is 0.211 e. The van der Waals surface area contributed by atoms with Gasteiger partial charge in [0, 0.05) is 18.3 Å². The van der Waals surface area contributed by atoms with E-state index in [-0.39, 0.29) is 11.3 Å². The Morgan fingerprint density at radius 3 is 2.44 bits per heavy atom. The van der Waals surface area contributed by atoms with Gasteiger partial charge in [-0.2, -0.15) is 0 Å². The average molecular weight is 221 g/mol. The lowest BCUT2D eigenvalue weighted by Gasteiger charge is -2.23. The van der Waals surface area contributed by atoms with Crippen LogP contribution in [0.1, 0.15) is 25.8 Å². The van der Waals surface area contributed by atoms with Gasteiger partial charge >= 0.3 is 0 Å². The Balaban J connectivity index is 2.95. The van der Waals surface area contributed by atoms with E-state index in [0.29, 0.717) is 0 Å². The molecule has 0 spiro atoms. The van der Waals surface area contributed by atoms with Crippen LogP contribution in [0.3, 0.4) is 0 Å². The fourth-order valence-corrected chi connectivity index (χ4v) is 1.74. The molecular weight excluding hydrogens is 206 g/mol. The second-order valence-electron chi connectivity index (χ2n) is 4.24. The van der Waals surface area contributed by atoms with Crippen molar-refractivity contribution in [1.82, 2.24) is 0 Å². The van der Waals surface area contributed by atoms with Gasteiger partial charge in [-0.3, -0.25) is 10.1 Å². The number of rotatable bonds is 5. The van der Waals surface area contributed by atoms with Gasteiger partial charge in [0.1, 0.15) is 6.29 Å². The van der Waals surface area contributed by atoms with Gasteiger partial charge in [-0.15, -0.1) is 0 Å². The van der Waals surface area contributed by atoms with E-state index in [1.807, 2.05) is 30.3 Å². The Morgan fingerprint density at radius 1 is 1.44 bits per heavy atom. The Morgan fingerprint density at radius 2 is 2.00 bits per heavy atom. The maximum Gasteiger partial charge on any atom is 0.211 e. The predicted molar refractivity (Wildman–Crippen MR) is 60.9 cm³/mol. The summed E-state index contributed by atoms with van der Waals surface area (Å²) < 4.78 is 0. The molecule has 1 rings (SSSR count). The average Bonchev–Trinajstić information content (AvgIpc) is 2.29. The topological polar surface area (TPSA) is 60.2 Å². The van der Waals surface area contributed by atoms with Crippen LogP contribution in [0.2, 0.25) is 0 Å². The van der Waals surface area contributed by atoms with Crippen molar-refractivity contribution in [3.8, 4) is 0 Å². The molecule has 0 saturated heterocycles. The van der Waals surface area contributed by atoms with E-state index in [9.17, 15) is 14.9 Å². The third-order valence-corrected chi connectivity index (χ3v) is 2.77. The molecule has 0 N–H and O–H groups in total. The quantitative estimate of drug-likeness (QED) is 0.435. The second-order valence-corrected chi connectivity index (χ2v) is 4.24. The lowest BCUT2D eigenvalue weighted by Crippen LogP contribution is -2.31. The van der Waals surface area contributed by atoms with Crippen LogP contribution < -0.4 is 0 Å². The minimum Gasteiger partial charge on any atom is -0.302 e. The number of aldehydes is 1. The van der Waals surface area contributed by atoms with Crippen LogP contribution in [-0.2, 0) is 10.2 Å². The van der Waals surface area contributed by atoms with Crippen molar-refractivity contribution < 1.29 is 9.72 Å². The van der Waals surface area contributed by atoms with Gasteiger partial charge in [-0.25, -0.2) is 0 Å². The summed E-state index contributed by atoms with van der Waals surface area (Å²) in [6, 6.07) is 8.42. The molecule has 1 aromatic carbocycles. The molecule has 0 fully saturated rings. The van der Waals surface area contributed by atoms with Gasteiger partial charge in [0.2, 0.25) is 6.04 Å². The van der Waals surface area contributed by atoms with Crippen molar-refractivity contribution >= 4 is 6.29 Å². The third kappa shape index (κ3) is 2.66. The molecular formula is C12H15NO3.